The molecule has 1 fully saturated rings. The van der Waals surface area contributed by atoms with Crippen molar-refractivity contribution in [2.75, 3.05) is 26.2 Å². The predicted molar refractivity (Wildman–Crippen MR) is 64.1 cm³/mol. The molecule has 1 aliphatic heterocycles. The Balaban J connectivity index is 2.56. The summed E-state index contributed by atoms with van der Waals surface area (Å²) in [7, 11) is -3.65. The molecule has 0 aliphatic carbocycles. The molecule has 1 heterocycles. The van der Waals surface area contributed by atoms with Crippen molar-refractivity contribution in [2.45, 2.75) is 19.9 Å². The number of hydrogen-bond acceptors (Lipinski definition) is 4. The van der Waals surface area contributed by atoms with Gasteiger partial charge in [-0.1, -0.05) is 13.8 Å². The third-order valence-corrected chi connectivity index (χ3v) is 4.00. The van der Waals surface area contributed by atoms with E-state index in [0.29, 0.717) is 13.1 Å². The molecule has 17 heavy (non-hydrogen) atoms. The zero-order valence-electron chi connectivity index (χ0n) is 10.2. The van der Waals surface area contributed by atoms with Gasteiger partial charge in [0.1, 0.15) is 0 Å². The largest absolute Gasteiger partial charge is 0.339 e. The Hall–Kier alpha value is -0.700. The van der Waals surface area contributed by atoms with Crippen molar-refractivity contribution in [1.29, 1.82) is 0 Å². The highest BCUT2D eigenvalue weighted by atomic mass is 32.2. The number of carbonyl (C=O) groups excluding carboxylic acids is 1. The number of carbonyl (C=O) groups is 1. The molecule has 1 unspecified atom stereocenters. The molecule has 4 N–H and O–H groups in total. The minimum absolute atomic E-state index is 0.0683. The molecule has 0 radical (unpaired) electrons. The topological polar surface area (TPSA) is 110 Å². The lowest BCUT2D eigenvalue weighted by molar-refractivity contribution is -0.134. The van der Waals surface area contributed by atoms with Crippen LogP contribution < -0.4 is 10.9 Å². The zero-order valence-corrected chi connectivity index (χ0v) is 11.0. The van der Waals surface area contributed by atoms with Crippen molar-refractivity contribution in [2.24, 2.45) is 16.8 Å². The molecule has 0 saturated carbocycles. The van der Waals surface area contributed by atoms with Gasteiger partial charge >= 0.3 is 0 Å². The first kappa shape index (κ1) is 14.4. The van der Waals surface area contributed by atoms with Gasteiger partial charge in [-0.05, 0) is 5.92 Å². The molecule has 1 saturated heterocycles. The van der Waals surface area contributed by atoms with Crippen molar-refractivity contribution < 1.29 is 13.2 Å². The van der Waals surface area contributed by atoms with Crippen LogP contribution >= 0.6 is 0 Å². The summed E-state index contributed by atoms with van der Waals surface area (Å²) in [5.41, 5.74) is 5.76. The molecular weight excluding hydrogens is 244 g/mol. The maximum atomic E-state index is 11.9. The summed E-state index contributed by atoms with van der Waals surface area (Å²) >= 11 is 0. The first-order valence-corrected chi connectivity index (χ1v) is 7.06. The van der Waals surface area contributed by atoms with Crippen LogP contribution in [0.25, 0.3) is 0 Å². The Morgan fingerprint density at radius 1 is 1.18 bits per heavy atom. The lowest BCUT2D eigenvalue weighted by Gasteiger charge is -2.34. The lowest BCUT2D eigenvalue weighted by atomic mass is 10.0. The van der Waals surface area contributed by atoms with Gasteiger partial charge in [0.2, 0.25) is 5.91 Å². The standard InChI is InChI=1S/C9H20N4O3S/c1-7(2)8(10)9(14)12-3-5-13(6-4-12)17(11,15)16/h7-8H,3-6,10H2,1-2H3,(H2,11,15,16). The summed E-state index contributed by atoms with van der Waals surface area (Å²) in [6.07, 6.45) is 0. The Morgan fingerprint density at radius 2 is 1.65 bits per heavy atom. The lowest BCUT2D eigenvalue weighted by Crippen LogP contribution is -2.56. The monoisotopic (exact) mass is 264 g/mol. The highest BCUT2D eigenvalue weighted by Gasteiger charge is 2.29. The van der Waals surface area contributed by atoms with Gasteiger partial charge in [0, 0.05) is 26.2 Å². The van der Waals surface area contributed by atoms with E-state index in [9.17, 15) is 13.2 Å². The van der Waals surface area contributed by atoms with E-state index in [2.05, 4.69) is 0 Å². The molecule has 0 aromatic carbocycles. The number of nitrogens with zero attached hydrogens (tertiary/aromatic N) is 2. The average Bonchev–Trinajstić information content (AvgIpc) is 2.26. The Bertz CT molecular complexity index is 374. The van der Waals surface area contributed by atoms with Gasteiger partial charge in [0.25, 0.3) is 10.2 Å². The van der Waals surface area contributed by atoms with E-state index in [-0.39, 0.29) is 24.9 Å². The molecule has 1 aliphatic rings. The third-order valence-electron chi connectivity index (χ3n) is 2.91. The molecule has 0 aromatic heterocycles. The normalized spacial score (nSPS) is 20.6. The van der Waals surface area contributed by atoms with Gasteiger partial charge in [0.05, 0.1) is 6.04 Å². The smallest absolute Gasteiger partial charge is 0.277 e. The van der Waals surface area contributed by atoms with Crippen LogP contribution in [-0.2, 0) is 15.0 Å². The molecule has 0 aromatic rings. The van der Waals surface area contributed by atoms with Gasteiger partial charge in [0.15, 0.2) is 0 Å². The van der Waals surface area contributed by atoms with Crippen molar-refractivity contribution in [1.82, 2.24) is 9.21 Å². The third kappa shape index (κ3) is 3.63. The van der Waals surface area contributed by atoms with Crippen molar-refractivity contribution in [3.8, 4) is 0 Å². The van der Waals surface area contributed by atoms with E-state index < -0.39 is 16.3 Å². The minimum Gasteiger partial charge on any atom is -0.339 e. The van der Waals surface area contributed by atoms with E-state index in [0.717, 1.165) is 4.31 Å². The molecule has 0 spiro atoms. The second-order valence-electron chi connectivity index (χ2n) is 4.54. The number of nitrogens with two attached hydrogens (primary N) is 2. The van der Waals surface area contributed by atoms with Crippen LogP contribution in [0.1, 0.15) is 13.8 Å². The Labute approximate surface area is 102 Å². The summed E-state index contributed by atoms with van der Waals surface area (Å²) in [6.45, 7) is 4.91. The van der Waals surface area contributed by atoms with Gasteiger partial charge in [-0.2, -0.15) is 12.7 Å². The number of rotatable bonds is 3. The first-order valence-electron chi connectivity index (χ1n) is 5.55. The summed E-state index contributed by atoms with van der Waals surface area (Å²) in [5.74, 6) is -0.0622. The fourth-order valence-corrected chi connectivity index (χ4v) is 2.33. The fourth-order valence-electron chi connectivity index (χ4n) is 1.66. The summed E-state index contributed by atoms with van der Waals surface area (Å²) in [5, 5.41) is 5.01. The second kappa shape index (κ2) is 5.30. The molecule has 100 valence electrons. The van der Waals surface area contributed by atoms with Gasteiger partial charge in [-0.15, -0.1) is 0 Å². The van der Waals surface area contributed by atoms with Crippen molar-refractivity contribution >= 4 is 16.1 Å². The van der Waals surface area contributed by atoms with Crippen LogP contribution in [0.2, 0.25) is 0 Å². The number of amides is 1. The highest BCUT2D eigenvalue weighted by molar-refractivity contribution is 7.86. The van der Waals surface area contributed by atoms with Crippen LogP contribution in [-0.4, -0.2) is 55.8 Å². The maximum Gasteiger partial charge on any atom is 0.277 e. The number of piperazine rings is 1. The van der Waals surface area contributed by atoms with E-state index in [4.69, 9.17) is 10.9 Å². The molecule has 8 heteroatoms. The van der Waals surface area contributed by atoms with Crippen LogP contribution in [0.3, 0.4) is 0 Å². The summed E-state index contributed by atoms with van der Waals surface area (Å²) < 4.78 is 23.3. The van der Waals surface area contributed by atoms with Crippen LogP contribution in [0.5, 0.6) is 0 Å². The van der Waals surface area contributed by atoms with E-state index in [1.165, 1.54) is 0 Å². The molecular formula is C9H20N4O3S. The van der Waals surface area contributed by atoms with Crippen molar-refractivity contribution in [3.05, 3.63) is 0 Å². The van der Waals surface area contributed by atoms with Crippen LogP contribution in [0.15, 0.2) is 0 Å². The molecule has 7 nitrogen and oxygen atoms in total. The Morgan fingerprint density at radius 3 is 2.00 bits per heavy atom. The van der Waals surface area contributed by atoms with Crippen LogP contribution in [0, 0.1) is 5.92 Å². The Kier molecular flexibility index (Phi) is 4.48. The molecule has 1 atom stereocenters. The zero-order chi connectivity index (χ0) is 13.2. The average molecular weight is 264 g/mol. The first-order chi connectivity index (χ1) is 7.73. The quantitative estimate of drug-likeness (QED) is 0.634. The van der Waals surface area contributed by atoms with Crippen molar-refractivity contribution in [3.63, 3.8) is 0 Å². The number of hydrogen-bond donors (Lipinski definition) is 2. The molecule has 1 amide bonds. The van der Waals surface area contributed by atoms with Gasteiger partial charge < -0.3 is 10.6 Å². The summed E-state index contributed by atoms with van der Waals surface area (Å²) in [4.78, 5) is 13.5. The highest BCUT2D eigenvalue weighted by Crippen LogP contribution is 2.08. The maximum absolute atomic E-state index is 11.9. The summed E-state index contributed by atoms with van der Waals surface area (Å²) in [6, 6.07) is -0.531. The minimum atomic E-state index is -3.65. The SMILES string of the molecule is CC(C)C(N)C(=O)N1CCN(S(N)(=O)=O)CC1. The van der Waals surface area contributed by atoms with E-state index in [1.54, 1.807) is 4.90 Å². The van der Waals surface area contributed by atoms with Gasteiger partial charge in [-0.25, -0.2) is 5.14 Å². The van der Waals surface area contributed by atoms with E-state index in [1.807, 2.05) is 13.8 Å². The fraction of sp³-hybridized carbons (Fsp3) is 0.889. The predicted octanol–water partition coefficient (Wildman–Crippen LogP) is -1.68. The van der Waals surface area contributed by atoms with Crippen LogP contribution in [0.4, 0.5) is 0 Å². The second-order valence-corrected chi connectivity index (χ2v) is 6.09. The van der Waals surface area contributed by atoms with Gasteiger partial charge in [-0.3, -0.25) is 4.79 Å². The molecule has 0 bridgehead atoms. The van der Waals surface area contributed by atoms with E-state index >= 15 is 0 Å². The molecule has 1 rings (SSSR count).